The van der Waals surface area contributed by atoms with E-state index < -0.39 is 12.4 Å². The fourth-order valence-corrected chi connectivity index (χ4v) is 5.29. The van der Waals surface area contributed by atoms with Gasteiger partial charge in [-0.3, -0.25) is 0 Å². The van der Waals surface area contributed by atoms with Crippen LogP contribution in [0.4, 0.5) is 23.7 Å². The number of anilines is 1. The second-order valence-corrected chi connectivity index (χ2v) is 10.3. The van der Waals surface area contributed by atoms with Crippen LogP contribution in [0.15, 0.2) is 90.3 Å². The van der Waals surface area contributed by atoms with Crippen LogP contribution in [-0.2, 0) is 6.42 Å². The van der Waals surface area contributed by atoms with Gasteiger partial charge in [0.1, 0.15) is 12.1 Å². The summed E-state index contributed by atoms with van der Waals surface area (Å²) in [7, 11) is 0. The van der Waals surface area contributed by atoms with Gasteiger partial charge in [0.25, 0.3) is 0 Å². The first kappa shape index (κ1) is 28.9. The maximum Gasteiger partial charge on any atom is 0.573 e. The number of para-hydroxylation sites is 1. The minimum Gasteiger partial charge on any atom is -0.406 e. The summed E-state index contributed by atoms with van der Waals surface area (Å²) >= 11 is 1.58. The molecule has 5 rings (SSSR count). The molecule has 1 N–H and O–H groups in total. The maximum atomic E-state index is 12.6. The fraction of sp³-hybridized carbons (Fsp3) is 0.200. The Morgan fingerprint density at radius 2 is 1.86 bits per heavy atom. The highest BCUT2D eigenvalue weighted by Gasteiger charge is 2.31. The average Bonchev–Trinajstić information content (AvgIpc) is 3.48. The molecule has 216 valence electrons. The molecule has 0 atom stereocenters. The minimum atomic E-state index is -4.75. The van der Waals surface area contributed by atoms with Gasteiger partial charge in [0.2, 0.25) is 0 Å². The van der Waals surface area contributed by atoms with Gasteiger partial charge < -0.3 is 15.0 Å². The number of halogens is 3. The molecule has 1 aliphatic heterocycles. The first-order valence-electron chi connectivity index (χ1n) is 13.2. The van der Waals surface area contributed by atoms with E-state index in [1.54, 1.807) is 24.0 Å². The van der Waals surface area contributed by atoms with Crippen LogP contribution >= 0.6 is 11.8 Å². The minimum absolute atomic E-state index is 0.313. The topological polar surface area (TPSA) is 84.6 Å². The van der Waals surface area contributed by atoms with Crippen LogP contribution in [0.5, 0.6) is 5.75 Å². The number of thioether (sulfide) groups is 1. The van der Waals surface area contributed by atoms with E-state index in [9.17, 15) is 18.0 Å². The molecule has 0 aliphatic carbocycles. The molecule has 0 radical (unpaired) electrons. The highest BCUT2D eigenvalue weighted by atomic mass is 32.2. The molecule has 8 nitrogen and oxygen atoms in total. The van der Waals surface area contributed by atoms with Gasteiger partial charge >= 0.3 is 12.4 Å². The number of aliphatic imine (C=N–C) groups is 1. The van der Waals surface area contributed by atoms with Crippen LogP contribution in [-0.4, -0.2) is 44.6 Å². The number of amides is 2. The smallest absolute Gasteiger partial charge is 0.406 e. The standard InChI is InChI=1S/C30H27F3N6O2S/c1-2-22-6-3-4-7-26(22)38-18-5-19-42-29(38)36-28(40)34-17-16-21-8-10-23(11-9-21)27-35-20-39(37-27)24-12-14-25(15-13-24)41-30(31,32)33/h3-4,6-17,20H,2,5,18-19H2,1H3,(H,34,40)/b17-16+,36-29-. The number of aromatic nitrogens is 3. The Balaban J connectivity index is 1.19. The van der Waals surface area contributed by atoms with Gasteiger partial charge in [-0.25, -0.2) is 14.5 Å². The SMILES string of the molecule is CCc1ccccc1N1CCCS/C1=N\C(=O)N/C=C/c1ccc(-c2ncn(-c3ccc(OC(F)(F)F)cc3)n2)cc1. The van der Waals surface area contributed by atoms with Crippen LogP contribution in [0.25, 0.3) is 23.2 Å². The van der Waals surface area contributed by atoms with Gasteiger partial charge in [0.15, 0.2) is 11.0 Å². The second kappa shape index (κ2) is 12.9. The highest BCUT2D eigenvalue weighted by molar-refractivity contribution is 8.14. The summed E-state index contributed by atoms with van der Waals surface area (Å²) in [4.78, 5) is 23.3. The van der Waals surface area contributed by atoms with E-state index in [1.165, 1.54) is 40.8 Å². The molecule has 2 amide bonds. The quantitative estimate of drug-likeness (QED) is 0.247. The molecule has 0 bridgehead atoms. The predicted octanol–water partition coefficient (Wildman–Crippen LogP) is 7.08. The van der Waals surface area contributed by atoms with E-state index in [1.807, 2.05) is 36.4 Å². The van der Waals surface area contributed by atoms with Crippen molar-refractivity contribution in [2.45, 2.75) is 26.1 Å². The molecule has 1 fully saturated rings. The van der Waals surface area contributed by atoms with E-state index in [-0.39, 0.29) is 5.75 Å². The predicted molar refractivity (Wildman–Crippen MR) is 159 cm³/mol. The van der Waals surface area contributed by atoms with Gasteiger partial charge in [-0.15, -0.1) is 18.3 Å². The number of hydrogen-bond donors (Lipinski definition) is 1. The Labute approximate surface area is 244 Å². The molecule has 1 aromatic heterocycles. The van der Waals surface area contributed by atoms with E-state index in [4.69, 9.17) is 0 Å². The third kappa shape index (κ3) is 7.38. The number of nitrogens with zero attached hydrogens (tertiary/aromatic N) is 5. The third-order valence-electron chi connectivity index (χ3n) is 6.33. The normalized spacial score (nSPS) is 14.9. The summed E-state index contributed by atoms with van der Waals surface area (Å²) in [6, 6.07) is 20.5. The Morgan fingerprint density at radius 1 is 1.10 bits per heavy atom. The van der Waals surface area contributed by atoms with Crippen molar-refractivity contribution in [3.8, 4) is 22.8 Å². The number of alkyl halides is 3. The second-order valence-electron chi connectivity index (χ2n) is 9.19. The zero-order chi connectivity index (χ0) is 29.5. The fourth-order valence-electron chi connectivity index (χ4n) is 4.34. The number of carbonyl (C=O) groups is 1. The van der Waals surface area contributed by atoms with Crippen LogP contribution in [0.2, 0.25) is 0 Å². The van der Waals surface area contributed by atoms with Crippen molar-refractivity contribution in [3.05, 3.63) is 96.5 Å². The molecule has 12 heteroatoms. The van der Waals surface area contributed by atoms with Crippen molar-refractivity contribution in [3.63, 3.8) is 0 Å². The number of aryl methyl sites for hydroxylation is 1. The van der Waals surface area contributed by atoms with Crippen molar-refractivity contribution >= 4 is 34.7 Å². The monoisotopic (exact) mass is 592 g/mol. The number of hydrogen-bond acceptors (Lipinski definition) is 5. The summed E-state index contributed by atoms with van der Waals surface area (Å²) in [5, 5.41) is 7.82. The number of amidine groups is 1. The van der Waals surface area contributed by atoms with Crippen molar-refractivity contribution in [2.24, 2.45) is 4.99 Å². The molecular formula is C30H27F3N6O2S. The molecule has 0 spiro atoms. The van der Waals surface area contributed by atoms with Gasteiger partial charge in [0.05, 0.1) is 5.69 Å². The van der Waals surface area contributed by atoms with Crippen molar-refractivity contribution in [1.29, 1.82) is 0 Å². The summed E-state index contributed by atoms with van der Waals surface area (Å²) in [6.45, 7) is 2.93. The van der Waals surface area contributed by atoms with Gasteiger partial charge in [-0.1, -0.05) is 61.2 Å². The van der Waals surface area contributed by atoms with Crippen molar-refractivity contribution < 1.29 is 22.7 Å². The summed E-state index contributed by atoms with van der Waals surface area (Å²) in [5.74, 6) is 1.05. The Bertz CT molecular complexity index is 1580. The van der Waals surface area contributed by atoms with Crippen LogP contribution in [0.1, 0.15) is 24.5 Å². The van der Waals surface area contributed by atoms with Crippen LogP contribution in [0, 0.1) is 0 Å². The van der Waals surface area contributed by atoms with E-state index >= 15 is 0 Å². The average molecular weight is 593 g/mol. The van der Waals surface area contributed by atoms with Gasteiger partial charge in [0, 0.05) is 29.7 Å². The summed E-state index contributed by atoms with van der Waals surface area (Å²) in [5.41, 5.74) is 4.43. The molecule has 0 saturated carbocycles. The number of urea groups is 1. The van der Waals surface area contributed by atoms with E-state index in [0.29, 0.717) is 16.7 Å². The first-order chi connectivity index (χ1) is 20.3. The number of carbonyl (C=O) groups excluding carboxylic acids is 1. The molecule has 1 aliphatic rings. The molecule has 3 aromatic carbocycles. The zero-order valence-corrected chi connectivity index (χ0v) is 23.4. The maximum absolute atomic E-state index is 12.6. The lowest BCUT2D eigenvalue weighted by atomic mass is 10.1. The van der Waals surface area contributed by atoms with Crippen LogP contribution in [0.3, 0.4) is 0 Å². The number of benzene rings is 3. The lowest BCUT2D eigenvalue weighted by Gasteiger charge is -2.31. The summed E-state index contributed by atoms with van der Waals surface area (Å²) < 4.78 is 42.5. The largest absolute Gasteiger partial charge is 0.573 e. The third-order valence-corrected chi connectivity index (χ3v) is 7.39. The van der Waals surface area contributed by atoms with Gasteiger partial charge in [-0.2, -0.15) is 4.99 Å². The van der Waals surface area contributed by atoms with E-state index in [0.717, 1.165) is 42.0 Å². The summed E-state index contributed by atoms with van der Waals surface area (Å²) in [6.07, 6.45) is 1.96. The van der Waals surface area contributed by atoms with Crippen LogP contribution < -0.4 is 15.0 Å². The molecular weight excluding hydrogens is 565 g/mol. The Morgan fingerprint density at radius 3 is 2.60 bits per heavy atom. The number of ether oxygens (including phenoxy) is 1. The highest BCUT2D eigenvalue weighted by Crippen LogP contribution is 2.28. The lowest BCUT2D eigenvalue weighted by molar-refractivity contribution is -0.274. The van der Waals surface area contributed by atoms with Crippen molar-refractivity contribution in [1.82, 2.24) is 20.1 Å². The lowest BCUT2D eigenvalue weighted by Crippen LogP contribution is -2.36. The first-order valence-corrected chi connectivity index (χ1v) is 14.2. The van der Waals surface area contributed by atoms with Crippen molar-refractivity contribution in [2.75, 3.05) is 17.2 Å². The molecule has 2 heterocycles. The Kier molecular flexibility index (Phi) is 8.91. The molecule has 1 saturated heterocycles. The van der Waals surface area contributed by atoms with Gasteiger partial charge in [-0.05, 0) is 60.4 Å². The Hall–Kier alpha value is -4.58. The molecule has 4 aromatic rings. The number of nitrogens with one attached hydrogen (secondary N) is 1. The van der Waals surface area contributed by atoms with E-state index in [2.05, 4.69) is 49.1 Å². The molecule has 42 heavy (non-hydrogen) atoms. The zero-order valence-electron chi connectivity index (χ0n) is 22.6. The molecule has 0 unspecified atom stereocenters. The number of rotatable bonds is 7.